The second-order valence-corrected chi connectivity index (χ2v) is 11.4. The van der Waals surface area contributed by atoms with Gasteiger partial charge in [0.25, 0.3) is 0 Å². The molecule has 8 heteroatoms. The monoisotopic (exact) mass is 657 g/mol. The number of ether oxygens (including phenoxy) is 2. The minimum absolute atomic E-state index is 0.165. The molecule has 184 valence electrons. The number of amides is 2. The number of allylic oxidation sites excluding steroid dienone is 2. The van der Waals surface area contributed by atoms with Crippen LogP contribution in [0.15, 0.2) is 71.2 Å². The van der Waals surface area contributed by atoms with Crippen molar-refractivity contribution in [3.63, 3.8) is 0 Å². The van der Waals surface area contributed by atoms with Crippen molar-refractivity contribution in [2.75, 3.05) is 24.0 Å². The Balaban J connectivity index is 1.15. The lowest BCUT2D eigenvalue weighted by Crippen LogP contribution is -2.31. The molecule has 3 aliphatic rings. The number of carbonyl (C=O) groups is 1. The summed E-state index contributed by atoms with van der Waals surface area (Å²) in [5.74, 6) is 2.35. The van der Waals surface area contributed by atoms with Crippen molar-refractivity contribution < 1.29 is 14.3 Å². The molecule has 0 unspecified atom stereocenters. The lowest BCUT2D eigenvalue weighted by Gasteiger charge is -2.38. The standard InChI is InChI=1S/C28H25BrIN3O3/c29-23-14-26-25(35-15-36-26)13-22(23)27-20-6-2-5-19(20)21-11-16(7-8-24(21)33-27)9-10-31-28(34)32-18-4-1-3-17(30)12-18/h1-5,7-8,11-14,19-20,27,33H,6,9-10,15H2,(H2,31,32,34)/t19-,20+,27+/m1/s1. The first-order valence-corrected chi connectivity index (χ1v) is 13.9. The molecule has 3 aromatic rings. The summed E-state index contributed by atoms with van der Waals surface area (Å²) in [6.07, 6.45) is 6.43. The van der Waals surface area contributed by atoms with E-state index >= 15 is 0 Å². The third-order valence-electron chi connectivity index (χ3n) is 7.04. The van der Waals surface area contributed by atoms with Crippen LogP contribution in [0.1, 0.15) is 35.1 Å². The number of urea groups is 1. The van der Waals surface area contributed by atoms with Gasteiger partial charge in [0.05, 0.1) is 6.04 Å². The van der Waals surface area contributed by atoms with E-state index < -0.39 is 0 Å². The van der Waals surface area contributed by atoms with Crippen LogP contribution in [-0.2, 0) is 6.42 Å². The van der Waals surface area contributed by atoms with Crippen molar-refractivity contribution in [1.29, 1.82) is 0 Å². The summed E-state index contributed by atoms with van der Waals surface area (Å²) < 4.78 is 13.3. The lowest BCUT2D eigenvalue weighted by molar-refractivity contribution is 0.174. The van der Waals surface area contributed by atoms with Gasteiger partial charge in [-0.05, 0) is 94.4 Å². The summed E-state index contributed by atoms with van der Waals surface area (Å²) in [7, 11) is 0. The molecule has 0 saturated heterocycles. The van der Waals surface area contributed by atoms with Gasteiger partial charge >= 0.3 is 6.03 Å². The van der Waals surface area contributed by atoms with Gasteiger partial charge in [-0.3, -0.25) is 0 Å². The number of halogens is 2. The van der Waals surface area contributed by atoms with Crippen LogP contribution in [0.3, 0.4) is 0 Å². The first-order valence-electron chi connectivity index (χ1n) is 12.0. The Morgan fingerprint density at radius 2 is 1.94 bits per heavy atom. The van der Waals surface area contributed by atoms with Gasteiger partial charge in [0.2, 0.25) is 6.79 Å². The molecule has 0 aromatic heterocycles. The molecule has 2 heterocycles. The van der Waals surface area contributed by atoms with E-state index in [-0.39, 0.29) is 18.9 Å². The average molecular weight is 658 g/mol. The first kappa shape index (κ1) is 23.7. The number of anilines is 2. The van der Waals surface area contributed by atoms with Crippen LogP contribution in [0.4, 0.5) is 16.2 Å². The largest absolute Gasteiger partial charge is 0.454 e. The quantitative estimate of drug-likeness (QED) is 0.205. The molecule has 0 fully saturated rings. The summed E-state index contributed by atoms with van der Waals surface area (Å²) in [5.41, 5.74) is 5.68. The number of carbonyl (C=O) groups excluding carboxylic acids is 1. The normalized spacial score (nSPS) is 20.9. The van der Waals surface area contributed by atoms with Crippen LogP contribution in [0.5, 0.6) is 11.5 Å². The number of fused-ring (bicyclic) bond motifs is 4. The van der Waals surface area contributed by atoms with Crippen LogP contribution in [0.25, 0.3) is 0 Å². The van der Waals surface area contributed by atoms with Gasteiger partial charge in [-0.1, -0.05) is 46.3 Å². The van der Waals surface area contributed by atoms with Crippen molar-refractivity contribution in [2.45, 2.75) is 24.8 Å². The number of benzene rings is 3. The highest BCUT2D eigenvalue weighted by atomic mass is 127. The predicted molar refractivity (Wildman–Crippen MR) is 153 cm³/mol. The van der Waals surface area contributed by atoms with Crippen LogP contribution in [-0.4, -0.2) is 19.4 Å². The molecular weight excluding hydrogens is 633 g/mol. The van der Waals surface area contributed by atoms with Crippen molar-refractivity contribution in [1.82, 2.24) is 5.32 Å². The van der Waals surface area contributed by atoms with Gasteiger partial charge in [0, 0.05) is 31.9 Å². The Kier molecular flexibility index (Phi) is 6.55. The molecule has 1 aliphatic carbocycles. The summed E-state index contributed by atoms with van der Waals surface area (Å²) >= 11 is 6.00. The molecule has 3 N–H and O–H groups in total. The van der Waals surface area contributed by atoms with Gasteiger partial charge in [-0.25, -0.2) is 4.79 Å². The highest BCUT2D eigenvalue weighted by Crippen LogP contribution is 2.52. The average Bonchev–Trinajstić information content (AvgIpc) is 3.53. The third-order valence-corrected chi connectivity index (χ3v) is 8.39. The van der Waals surface area contributed by atoms with Gasteiger partial charge in [0.1, 0.15) is 0 Å². The van der Waals surface area contributed by atoms with Crippen LogP contribution in [0.2, 0.25) is 0 Å². The first-order chi connectivity index (χ1) is 17.5. The molecule has 0 bridgehead atoms. The zero-order valence-electron chi connectivity index (χ0n) is 19.4. The number of hydrogen-bond donors (Lipinski definition) is 3. The highest BCUT2D eigenvalue weighted by molar-refractivity contribution is 14.1. The van der Waals surface area contributed by atoms with E-state index in [0.29, 0.717) is 18.4 Å². The van der Waals surface area contributed by atoms with Gasteiger partial charge in [0.15, 0.2) is 11.5 Å². The zero-order chi connectivity index (χ0) is 24.6. The second kappa shape index (κ2) is 9.97. The van der Waals surface area contributed by atoms with Crippen LogP contribution in [0, 0.1) is 9.49 Å². The molecule has 2 amide bonds. The van der Waals surface area contributed by atoms with Crippen molar-refractivity contribution in [2.24, 2.45) is 5.92 Å². The van der Waals surface area contributed by atoms with Crippen LogP contribution >= 0.6 is 38.5 Å². The molecule has 0 spiro atoms. The Morgan fingerprint density at radius 3 is 2.81 bits per heavy atom. The van der Waals surface area contributed by atoms with E-state index in [9.17, 15) is 4.79 Å². The minimum atomic E-state index is -0.187. The van der Waals surface area contributed by atoms with E-state index in [1.165, 1.54) is 16.7 Å². The van der Waals surface area contributed by atoms with Crippen molar-refractivity contribution >= 4 is 55.9 Å². The molecule has 2 aliphatic heterocycles. The Labute approximate surface area is 232 Å². The predicted octanol–water partition coefficient (Wildman–Crippen LogP) is 6.97. The fraction of sp³-hybridized carbons (Fsp3) is 0.250. The Morgan fingerprint density at radius 1 is 1.08 bits per heavy atom. The topological polar surface area (TPSA) is 71.6 Å². The number of nitrogens with one attached hydrogen (secondary N) is 3. The minimum Gasteiger partial charge on any atom is -0.454 e. The van der Waals surface area contributed by atoms with E-state index in [4.69, 9.17) is 9.47 Å². The van der Waals surface area contributed by atoms with Gasteiger partial charge < -0.3 is 25.4 Å². The Bertz CT molecular complexity index is 1360. The third kappa shape index (κ3) is 4.68. The fourth-order valence-corrected chi connectivity index (χ4v) is 6.45. The molecule has 0 saturated carbocycles. The maximum Gasteiger partial charge on any atom is 0.319 e. The van der Waals surface area contributed by atoms with E-state index in [1.807, 2.05) is 30.3 Å². The van der Waals surface area contributed by atoms with Crippen molar-refractivity contribution in [3.8, 4) is 11.5 Å². The Hall–Kier alpha value is -2.72. The highest BCUT2D eigenvalue weighted by Gasteiger charge is 2.39. The summed E-state index contributed by atoms with van der Waals surface area (Å²) in [4.78, 5) is 12.3. The molecule has 3 atom stereocenters. The summed E-state index contributed by atoms with van der Waals surface area (Å²) in [6, 6.07) is 18.5. The van der Waals surface area contributed by atoms with Gasteiger partial charge in [-0.2, -0.15) is 0 Å². The van der Waals surface area contributed by atoms with E-state index in [2.05, 4.69) is 90.9 Å². The smallest absolute Gasteiger partial charge is 0.319 e. The number of rotatable bonds is 5. The molecule has 6 rings (SSSR count). The van der Waals surface area contributed by atoms with E-state index in [1.54, 1.807) is 0 Å². The molecule has 36 heavy (non-hydrogen) atoms. The molecule has 3 aromatic carbocycles. The lowest BCUT2D eigenvalue weighted by atomic mass is 9.76. The van der Waals surface area contributed by atoms with E-state index in [0.717, 1.165) is 43.8 Å². The second-order valence-electron chi connectivity index (χ2n) is 9.27. The summed E-state index contributed by atoms with van der Waals surface area (Å²) in [5, 5.41) is 9.67. The van der Waals surface area contributed by atoms with Crippen molar-refractivity contribution in [3.05, 3.63) is 91.5 Å². The number of hydrogen-bond acceptors (Lipinski definition) is 4. The zero-order valence-corrected chi connectivity index (χ0v) is 23.1. The SMILES string of the molecule is O=C(NCCc1ccc2c(c1)[C@@H]1C=CC[C@@H]1[C@@H](c1cc3c(cc1Br)OCO3)N2)Nc1cccc(I)c1. The maximum absolute atomic E-state index is 12.3. The van der Waals surface area contributed by atoms with Crippen LogP contribution < -0.4 is 25.4 Å². The summed E-state index contributed by atoms with van der Waals surface area (Å²) in [6.45, 7) is 0.837. The molecule has 6 nitrogen and oxygen atoms in total. The van der Waals surface area contributed by atoms with Gasteiger partial charge in [-0.15, -0.1) is 0 Å². The fourth-order valence-electron chi connectivity index (χ4n) is 5.34. The molecular formula is C28H25BrIN3O3. The maximum atomic E-state index is 12.3. The molecule has 0 radical (unpaired) electrons.